The molecule has 1 N–H and O–H groups in total. The molecule has 16 heavy (non-hydrogen) atoms. The summed E-state index contributed by atoms with van der Waals surface area (Å²) in [5, 5.41) is 9.95. The SMILES string of the molecule is COC[C@](C)(O)C(=O)N1C[C@@H](C)O[C@H](C)C1. The van der Waals surface area contributed by atoms with E-state index in [1.807, 2.05) is 13.8 Å². The number of nitrogens with zero attached hydrogens (tertiary/aromatic N) is 1. The number of carbonyl (C=O) groups excluding carboxylic acids is 1. The second-order valence-electron chi connectivity index (χ2n) is 4.67. The zero-order chi connectivity index (χ0) is 12.3. The predicted octanol–water partition coefficient (Wildman–Crippen LogP) is 0.0196. The lowest BCUT2D eigenvalue weighted by Crippen LogP contribution is -2.56. The van der Waals surface area contributed by atoms with E-state index in [2.05, 4.69) is 0 Å². The molecule has 1 aliphatic heterocycles. The number of hydrogen-bond acceptors (Lipinski definition) is 4. The van der Waals surface area contributed by atoms with Crippen molar-refractivity contribution in [3.05, 3.63) is 0 Å². The van der Waals surface area contributed by atoms with E-state index >= 15 is 0 Å². The van der Waals surface area contributed by atoms with Crippen LogP contribution in [0, 0.1) is 0 Å². The zero-order valence-electron chi connectivity index (χ0n) is 10.4. The maximum atomic E-state index is 12.0. The number of aliphatic hydroxyl groups is 1. The molecule has 5 nitrogen and oxygen atoms in total. The van der Waals surface area contributed by atoms with Crippen LogP contribution in [0.25, 0.3) is 0 Å². The van der Waals surface area contributed by atoms with Gasteiger partial charge in [-0.3, -0.25) is 4.79 Å². The van der Waals surface area contributed by atoms with Gasteiger partial charge in [-0.2, -0.15) is 0 Å². The molecule has 1 rings (SSSR count). The molecule has 0 aromatic heterocycles. The summed E-state index contributed by atoms with van der Waals surface area (Å²) < 4.78 is 10.4. The van der Waals surface area contributed by atoms with Crippen LogP contribution in [0.5, 0.6) is 0 Å². The van der Waals surface area contributed by atoms with Gasteiger partial charge in [0.2, 0.25) is 0 Å². The molecule has 0 aliphatic carbocycles. The number of rotatable bonds is 3. The number of carbonyl (C=O) groups is 1. The van der Waals surface area contributed by atoms with Crippen molar-refractivity contribution in [2.24, 2.45) is 0 Å². The molecule has 1 fully saturated rings. The van der Waals surface area contributed by atoms with Crippen LogP contribution in [0.4, 0.5) is 0 Å². The van der Waals surface area contributed by atoms with Crippen LogP contribution >= 0.6 is 0 Å². The first-order valence-corrected chi connectivity index (χ1v) is 5.53. The Bertz CT molecular complexity index is 244. The molecule has 1 saturated heterocycles. The van der Waals surface area contributed by atoms with Gasteiger partial charge in [0.1, 0.15) is 0 Å². The van der Waals surface area contributed by atoms with Crippen molar-refractivity contribution in [2.75, 3.05) is 26.8 Å². The highest BCUT2D eigenvalue weighted by Gasteiger charge is 2.37. The highest BCUT2D eigenvalue weighted by Crippen LogP contribution is 2.16. The van der Waals surface area contributed by atoms with Crippen molar-refractivity contribution in [3.8, 4) is 0 Å². The van der Waals surface area contributed by atoms with E-state index in [-0.39, 0.29) is 24.7 Å². The van der Waals surface area contributed by atoms with Crippen LogP contribution in [-0.4, -0.2) is 60.5 Å². The molecule has 0 bridgehead atoms. The van der Waals surface area contributed by atoms with Gasteiger partial charge in [-0.25, -0.2) is 0 Å². The summed E-state index contributed by atoms with van der Waals surface area (Å²) in [7, 11) is 1.46. The third-order valence-electron chi connectivity index (χ3n) is 2.59. The van der Waals surface area contributed by atoms with Gasteiger partial charge in [0.05, 0.1) is 18.8 Å². The van der Waals surface area contributed by atoms with Crippen LogP contribution in [-0.2, 0) is 14.3 Å². The molecule has 0 unspecified atom stereocenters. The molecular weight excluding hydrogens is 210 g/mol. The van der Waals surface area contributed by atoms with E-state index in [0.717, 1.165) is 0 Å². The summed E-state index contributed by atoms with van der Waals surface area (Å²) in [5.41, 5.74) is -1.45. The summed E-state index contributed by atoms with van der Waals surface area (Å²) in [6, 6.07) is 0. The molecule has 3 atom stereocenters. The normalized spacial score (nSPS) is 29.9. The maximum absolute atomic E-state index is 12.0. The molecule has 0 radical (unpaired) electrons. The molecule has 1 aliphatic rings. The summed E-state index contributed by atoms with van der Waals surface area (Å²) in [6.45, 7) is 6.35. The molecule has 0 spiro atoms. The Morgan fingerprint density at radius 3 is 2.44 bits per heavy atom. The Morgan fingerprint density at radius 1 is 1.50 bits per heavy atom. The first kappa shape index (κ1) is 13.4. The van der Waals surface area contributed by atoms with E-state index in [0.29, 0.717) is 13.1 Å². The second kappa shape index (κ2) is 5.12. The number of amides is 1. The molecule has 0 aromatic rings. The van der Waals surface area contributed by atoms with Crippen molar-refractivity contribution < 1.29 is 19.4 Å². The molecular formula is C11H21NO4. The quantitative estimate of drug-likeness (QED) is 0.744. The smallest absolute Gasteiger partial charge is 0.256 e. The van der Waals surface area contributed by atoms with Crippen molar-refractivity contribution in [1.82, 2.24) is 4.90 Å². The van der Waals surface area contributed by atoms with Gasteiger partial charge in [-0.1, -0.05) is 0 Å². The molecule has 1 heterocycles. The molecule has 1 amide bonds. The summed E-state index contributed by atoms with van der Waals surface area (Å²) >= 11 is 0. The monoisotopic (exact) mass is 231 g/mol. The van der Waals surface area contributed by atoms with Gasteiger partial charge in [-0.05, 0) is 20.8 Å². The van der Waals surface area contributed by atoms with Gasteiger partial charge in [0, 0.05) is 20.2 Å². The fraction of sp³-hybridized carbons (Fsp3) is 0.909. The number of ether oxygens (including phenoxy) is 2. The number of hydrogen-bond donors (Lipinski definition) is 1. The summed E-state index contributed by atoms with van der Waals surface area (Å²) in [6.07, 6.45) is 0.0112. The third-order valence-corrected chi connectivity index (χ3v) is 2.59. The first-order valence-electron chi connectivity index (χ1n) is 5.53. The lowest BCUT2D eigenvalue weighted by atomic mass is 10.1. The van der Waals surface area contributed by atoms with Gasteiger partial charge in [-0.15, -0.1) is 0 Å². The molecule has 94 valence electrons. The highest BCUT2D eigenvalue weighted by atomic mass is 16.5. The Balaban J connectivity index is 2.65. The van der Waals surface area contributed by atoms with Crippen molar-refractivity contribution in [2.45, 2.75) is 38.6 Å². The van der Waals surface area contributed by atoms with E-state index in [9.17, 15) is 9.90 Å². The number of morpholine rings is 1. The van der Waals surface area contributed by atoms with Crippen LogP contribution in [0.15, 0.2) is 0 Å². The van der Waals surface area contributed by atoms with Gasteiger partial charge < -0.3 is 19.5 Å². The van der Waals surface area contributed by atoms with Crippen molar-refractivity contribution >= 4 is 5.91 Å². The minimum atomic E-state index is -1.45. The maximum Gasteiger partial charge on any atom is 0.256 e. The van der Waals surface area contributed by atoms with Crippen LogP contribution in [0.3, 0.4) is 0 Å². The molecule has 5 heteroatoms. The average molecular weight is 231 g/mol. The lowest BCUT2D eigenvalue weighted by molar-refractivity contribution is -0.165. The van der Waals surface area contributed by atoms with E-state index in [4.69, 9.17) is 9.47 Å². The highest BCUT2D eigenvalue weighted by molar-refractivity contribution is 5.84. The van der Waals surface area contributed by atoms with Crippen molar-refractivity contribution in [3.63, 3.8) is 0 Å². The third kappa shape index (κ3) is 3.17. The zero-order valence-corrected chi connectivity index (χ0v) is 10.4. The number of methoxy groups -OCH3 is 1. The van der Waals surface area contributed by atoms with E-state index in [1.54, 1.807) is 4.90 Å². The Hall–Kier alpha value is -0.650. The van der Waals surface area contributed by atoms with Crippen LogP contribution in [0.1, 0.15) is 20.8 Å². The van der Waals surface area contributed by atoms with Gasteiger partial charge in [0.15, 0.2) is 5.60 Å². The second-order valence-corrected chi connectivity index (χ2v) is 4.67. The minimum Gasteiger partial charge on any atom is -0.381 e. The van der Waals surface area contributed by atoms with Crippen molar-refractivity contribution in [1.29, 1.82) is 0 Å². The average Bonchev–Trinajstić information content (AvgIpc) is 2.14. The Morgan fingerprint density at radius 2 is 2.00 bits per heavy atom. The van der Waals surface area contributed by atoms with Crippen LogP contribution in [0.2, 0.25) is 0 Å². The van der Waals surface area contributed by atoms with Crippen LogP contribution < -0.4 is 0 Å². The lowest BCUT2D eigenvalue weighted by Gasteiger charge is -2.38. The van der Waals surface area contributed by atoms with E-state index < -0.39 is 5.60 Å². The topological polar surface area (TPSA) is 59.0 Å². The standard InChI is InChI=1S/C11H21NO4/c1-8-5-12(6-9(2)16-8)10(13)11(3,14)7-15-4/h8-9,14H,5-7H2,1-4H3/t8-,9-,11+/m1/s1. The molecule has 0 saturated carbocycles. The predicted molar refractivity (Wildman–Crippen MR) is 59.1 cm³/mol. The Kier molecular flexibility index (Phi) is 4.29. The Labute approximate surface area is 96.3 Å². The molecule has 0 aromatic carbocycles. The first-order chi connectivity index (χ1) is 7.36. The van der Waals surface area contributed by atoms with Gasteiger partial charge >= 0.3 is 0 Å². The minimum absolute atomic E-state index is 0.00560. The summed E-state index contributed by atoms with van der Waals surface area (Å²) in [5.74, 6) is -0.295. The fourth-order valence-corrected chi connectivity index (χ4v) is 2.03. The largest absolute Gasteiger partial charge is 0.381 e. The van der Waals surface area contributed by atoms with Gasteiger partial charge in [0.25, 0.3) is 5.91 Å². The summed E-state index contributed by atoms with van der Waals surface area (Å²) in [4.78, 5) is 13.7. The fourth-order valence-electron chi connectivity index (χ4n) is 2.03. The van der Waals surface area contributed by atoms with E-state index in [1.165, 1.54) is 14.0 Å².